The molecule has 0 aliphatic rings. The van der Waals surface area contributed by atoms with Crippen LogP contribution in [0.1, 0.15) is 27.6 Å². The molecular weight excluding hydrogens is 821 g/mol. The normalized spacial score (nSPS) is 11.2. The molecule has 0 bridgehead atoms. The Hall–Kier alpha value is -1.57. The number of benzene rings is 3. The van der Waals surface area contributed by atoms with Gasteiger partial charge in [0.15, 0.2) is 5.75 Å². The molecule has 0 aromatic heterocycles. The molecule has 1 N–H and O–H groups in total. The Balaban J connectivity index is 1.71. The van der Waals surface area contributed by atoms with E-state index in [4.69, 9.17) is 14.2 Å². The second-order valence-corrected chi connectivity index (χ2v) is 11.6. The number of carbonyl (C=O) groups excluding carboxylic acids is 3. The Kier molecular flexibility index (Phi) is 9.33. The fraction of sp³-hybridized carbons (Fsp3) is 0.136. The Morgan fingerprint density at radius 3 is 2.09 bits per heavy atom. The second kappa shape index (κ2) is 11.7. The lowest BCUT2D eigenvalue weighted by molar-refractivity contribution is -0.132. The van der Waals surface area contributed by atoms with Crippen LogP contribution in [0, 0.1) is 10.7 Å². The van der Waals surface area contributed by atoms with Crippen molar-refractivity contribution in [3.05, 3.63) is 64.3 Å². The third-order valence-corrected chi connectivity index (χ3v) is 8.10. The minimum absolute atomic E-state index is 0.0899. The number of halogens is 3. The van der Waals surface area contributed by atoms with Crippen molar-refractivity contribution in [1.29, 1.82) is 0 Å². The van der Waals surface area contributed by atoms with Crippen LogP contribution in [0.25, 0.3) is 10.8 Å². The number of hydrogen-bond donors (Lipinski definition) is 1. The molecule has 0 saturated heterocycles. The molecule has 0 aliphatic heterocycles. The summed E-state index contributed by atoms with van der Waals surface area (Å²) in [4.78, 5) is 36.3. The third kappa shape index (κ3) is 6.60. The van der Waals surface area contributed by atoms with Crippen LogP contribution < -0.4 is 4.74 Å². The van der Waals surface area contributed by atoms with Gasteiger partial charge in [-0.1, -0.05) is 24.3 Å². The molecule has 0 amide bonds. The fourth-order valence-corrected chi connectivity index (χ4v) is 7.82. The summed E-state index contributed by atoms with van der Waals surface area (Å²) in [7, 11) is -4.49. The van der Waals surface area contributed by atoms with Gasteiger partial charge in [-0.3, -0.25) is 9.35 Å². The summed E-state index contributed by atoms with van der Waals surface area (Å²) in [6.45, 7) is 0.760. The van der Waals surface area contributed by atoms with Crippen molar-refractivity contribution < 1.29 is 41.6 Å². The van der Waals surface area contributed by atoms with Crippen molar-refractivity contribution in [1.82, 2.24) is 0 Å². The summed E-state index contributed by atoms with van der Waals surface area (Å²) in [5.41, 5.74) is 0.313. The second-order valence-electron chi connectivity index (χ2n) is 6.86. The molecule has 0 aliphatic carbocycles. The minimum atomic E-state index is -4.49. The maximum absolute atomic E-state index is 12.7. The zero-order valence-corrected chi connectivity index (χ0v) is 25.0. The molecule has 0 unspecified atom stereocenters. The monoisotopic (exact) mass is 836 g/mol. The Morgan fingerprint density at radius 1 is 0.886 bits per heavy atom. The molecule has 0 heterocycles. The number of rotatable bonds is 7. The maximum atomic E-state index is 12.7. The van der Waals surface area contributed by atoms with Gasteiger partial charge in [0.1, 0.15) is 18.1 Å². The molecule has 3 rings (SSSR count). The summed E-state index contributed by atoms with van der Waals surface area (Å²) < 4.78 is 50.0. The number of ether oxygens (including phenoxy) is 3. The van der Waals surface area contributed by atoms with Crippen molar-refractivity contribution in [3.63, 3.8) is 0 Å². The highest BCUT2D eigenvalue weighted by atomic mass is 127. The van der Waals surface area contributed by atoms with E-state index in [2.05, 4.69) is 0 Å². The van der Waals surface area contributed by atoms with Crippen LogP contribution in [-0.2, 0) is 24.4 Å². The van der Waals surface area contributed by atoms with Crippen molar-refractivity contribution in [2.24, 2.45) is 0 Å². The largest absolute Gasteiger partial charge is 0.458 e. The van der Waals surface area contributed by atoms with Gasteiger partial charge in [-0.25, -0.2) is 9.59 Å². The van der Waals surface area contributed by atoms with Gasteiger partial charge in [0.25, 0.3) is 10.1 Å². The highest BCUT2D eigenvalue weighted by Crippen LogP contribution is 2.34. The lowest BCUT2D eigenvalue weighted by atomic mass is 10.0. The fourth-order valence-electron chi connectivity index (χ4n) is 3.09. The minimum Gasteiger partial charge on any atom is -0.458 e. The van der Waals surface area contributed by atoms with Gasteiger partial charge in [0, 0.05) is 15.9 Å². The van der Waals surface area contributed by atoms with E-state index in [-0.39, 0.29) is 45.8 Å². The summed E-state index contributed by atoms with van der Waals surface area (Å²) in [5, 5.41) is 0.452. The van der Waals surface area contributed by atoms with Gasteiger partial charge >= 0.3 is 17.9 Å². The van der Waals surface area contributed by atoms with Crippen molar-refractivity contribution in [2.45, 2.75) is 11.8 Å². The molecule has 0 radical (unpaired) electrons. The molecule has 3 aromatic rings. The molecule has 0 atom stereocenters. The van der Waals surface area contributed by atoms with Crippen molar-refractivity contribution >= 4 is 107 Å². The van der Waals surface area contributed by atoms with Crippen LogP contribution in [-0.4, -0.2) is 44.1 Å². The number of carbonyl (C=O) groups is 3. The van der Waals surface area contributed by atoms with Gasteiger partial charge in [-0.05, 0) is 91.4 Å². The van der Waals surface area contributed by atoms with E-state index in [1.807, 2.05) is 67.8 Å². The highest BCUT2D eigenvalue weighted by molar-refractivity contribution is 14.1. The first kappa shape index (κ1) is 28.0. The molecule has 0 fully saturated rings. The van der Waals surface area contributed by atoms with Gasteiger partial charge in [0.05, 0.1) is 18.3 Å². The third-order valence-electron chi connectivity index (χ3n) is 4.51. The molecule has 35 heavy (non-hydrogen) atoms. The van der Waals surface area contributed by atoms with Crippen LogP contribution in [0.15, 0.2) is 47.4 Å². The zero-order valence-electron chi connectivity index (χ0n) is 17.7. The quantitative estimate of drug-likeness (QED) is 0.117. The van der Waals surface area contributed by atoms with E-state index < -0.39 is 28.0 Å². The van der Waals surface area contributed by atoms with E-state index in [9.17, 15) is 27.4 Å². The van der Waals surface area contributed by atoms with Gasteiger partial charge in [-0.2, -0.15) is 8.42 Å². The lowest BCUT2D eigenvalue weighted by Crippen LogP contribution is -2.17. The lowest BCUT2D eigenvalue weighted by Gasteiger charge is -2.14. The van der Waals surface area contributed by atoms with E-state index in [0.29, 0.717) is 10.7 Å². The SMILES string of the molecule is CC(=O)Oc1c(I)cc(I)c(C(=O)OCCOC(=O)c2ccc(S(=O)(=O)O)c3ccccc23)c1I. The maximum Gasteiger partial charge on any atom is 0.340 e. The van der Waals surface area contributed by atoms with E-state index in [0.717, 1.165) is 6.07 Å². The predicted molar refractivity (Wildman–Crippen MR) is 150 cm³/mol. The number of esters is 3. The average Bonchev–Trinajstić information content (AvgIpc) is 2.77. The van der Waals surface area contributed by atoms with Crippen molar-refractivity contribution in [3.8, 4) is 5.75 Å². The first-order chi connectivity index (χ1) is 16.4. The Morgan fingerprint density at radius 2 is 1.49 bits per heavy atom. The first-order valence-electron chi connectivity index (χ1n) is 9.61. The molecule has 184 valence electrons. The average molecular weight is 836 g/mol. The number of hydrogen-bond acceptors (Lipinski definition) is 8. The molecule has 9 nitrogen and oxygen atoms in total. The van der Waals surface area contributed by atoms with E-state index in [1.165, 1.54) is 25.1 Å². The zero-order chi connectivity index (χ0) is 25.9. The van der Waals surface area contributed by atoms with Crippen LogP contribution in [0.3, 0.4) is 0 Å². The topological polar surface area (TPSA) is 133 Å². The smallest absolute Gasteiger partial charge is 0.340 e. The molecule has 13 heteroatoms. The Labute approximate surface area is 241 Å². The van der Waals surface area contributed by atoms with Gasteiger partial charge < -0.3 is 14.2 Å². The van der Waals surface area contributed by atoms with E-state index >= 15 is 0 Å². The highest BCUT2D eigenvalue weighted by Gasteiger charge is 2.23. The predicted octanol–water partition coefficient (Wildman–Crippen LogP) is 4.84. The molecule has 3 aromatic carbocycles. The molecule has 0 saturated carbocycles. The summed E-state index contributed by atoms with van der Waals surface area (Å²) in [6.07, 6.45) is 0. The van der Waals surface area contributed by atoms with Crippen LogP contribution in [0.2, 0.25) is 0 Å². The van der Waals surface area contributed by atoms with Crippen LogP contribution in [0.4, 0.5) is 0 Å². The van der Waals surface area contributed by atoms with Crippen LogP contribution >= 0.6 is 67.8 Å². The summed E-state index contributed by atoms with van der Waals surface area (Å²) in [6, 6.07) is 10.2. The van der Waals surface area contributed by atoms with Crippen LogP contribution in [0.5, 0.6) is 5.75 Å². The van der Waals surface area contributed by atoms with Gasteiger partial charge in [-0.15, -0.1) is 0 Å². The molecular formula is C22H15I3O9S. The van der Waals surface area contributed by atoms with Gasteiger partial charge in [0.2, 0.25) is 0 Å². The summed E-state index contributed by atoms with van der Waals surface area (Å²) in [5.74, 6) is -1.69. The number of fused-ring (bicyclic) bond motifs is 1. The Bertz CT molecular complexity index is 1450. The first-order valence-corrected chi connectivity index (χ1v) is 14.3. The molecule has 0 spiro atoms. The van der Waals surface area contributed by atoms with E-state index in [1.54, 1.807) is 18.2 Å². The van der Waals surface area contributed by atoms with Crippen molar-refractivity contribution in [2.75, 3.05) is 13.2 Å². The summed E-state index contributed by atoms with van der Waals surface area (Å²) >= 11 is 5.88. The standard InChI is InChI=1S/C22H15I3O9S/c1-11(26)34-20-16(24)10-15(23)18(19(20)25)22(28)33-9-8-32-21(27)14-6-7-17(35(29,30)31)13-5-3-2-4-12(13)14/h2-7,10H,8-9H2,1H3,(H,29,30,31).